The third-order valence-electron chi connectivity index (χ3n) is 2.78. The van der Waals surface area contributed by atoms with Crippen LogP contribution < -0.4 is 15.8 Å². The first kappa shape index (κ1) is 16.6. The van der Waals surface area contributed by atoms with E-state index >= 15 is 0 Å². The molecule has 3 N–H and O–H groups in total. The second-order valence-electron chi connectivity index (χ2n) is 4.48. The third-order valence-corrected chi connectivity index (χ3v) is 3.09. The van der Waals surface area contributed by atoms with Crippen LogP contribution in [-0.4, -0.2) is 25.2 Å². The summed E-state index contributed by atoms with van der Waals surface area (Å²) < 4.78 is 10.5. The molecule has 0 aromatic heterocycles. The standard InChI is InChI=1S/C16H15ClN2O4/c17-13-6-1-2-7-14(13)22-8-9-23-15(20)11-4-3-5-12(10-11)19-16(18)21/h1-7,10H,8-9H2,(H3,18,19,21). The number of carbonyl (C=O) groups is 2. The molecule has 0 unspecified atom stereocenters. The van der Waals surface area contributed by atoms with Crippen LogP contribution in [0.2, 0.25) is 5.02 Å². The molecule has 0 aliphatic carbocycles. The highest BCUT2D eigenvalue weighted by molar-refractivity contribution is 6.32. The highest BCUT2D eigenvalue weighted by Crippen LogP contribution is 2.22. The summed E-state index contributed by atoms with van der Waals surface area (Å²) in [5, 5.41) is 2.88. The van der Waals surface area contributed by atoms with Gasteiger partial charge in [-0.1, -0.05) is 29.8 Å². The fraction of sp³-hybridized carbons (Fsp3) is 0.125. The number of esters is 1. The van der Waals surface area contributed by atoms with Crippen LogP contribution in [0.4, 0.5) is 10.5 Å². The van der Waals surface area contributed by atoms with Crippen LogP contribution in [0.15, 0.2) is 48.5 Å². The van der Waals surface area contributed by atoms with Crippen molar-refractivity contribution in [3.05, 3.63) is 59.1 Å². The summed E-state index contributed by atoms with van der Waals surface area (Å²) in [6.45, 7) is 0.242. The van der Waals surface area contributed by atoms with Gasteiger partial charge < -0.3 is 20.5 Å². The molecule has 0 heterocycles. The quantitative estimate of drug-likeness (QED) is 0.627. The van der Waals surface area contributed by atoms with Crippen LogP contribution >= 0.6 is 11.6 Å². The van der Waals surface area contributed by atoms with E-state index in [1.165, 1.54) is 6.07 Å². The molecule has 0 bridgehead atoms. The van der Waals surface area contributed by atoms with Gasteiger partial charge in [0.25, 0.3) is 0 Å². The molecule has 0 saturated heterocycles. The third kappa shape index (κ3) is 5.19. The van der Waals surface area contributed by atoms with E-state index in [9.17, 15) is 9.59 Å². The number of primary amides is 1. The van der Waals surface area contributed by atoms with Crippen molar-refractivity contribution in [2.75, 3.05) is 18.5 Å². The molecule has 6 nitrogen and oxygen atoms in total. The average molecular weight is 335 g/mol. The Kier molecular flexibility index (Phi) is 5.82. The number of rotatable bonds is 6. The van der Waals surface area contributed by atoms with Crippen molar-refractivity contribution in [3.8, 4) is 5.75 Å². The van der Waals surface area contributed by atoms with Crippen LogP contribution in [0.3, 0.4) is 0 Å². The monoisotopic (exact) mass is 334 g/mol. The predicted molar refractivity (Wildman–Crippen MR) is 86.9 cm³/mol. The average Bonchev–Trinajstić information content (AvgIpc) is 2.52. The first-order valence-electron chi connectivity index (χ1n) is 6.77. The molecule has 23 heavy (non-hydrogen) atoms. The Morgan fingerprint density at radius 2 is 1.87 bits per heavy atom. The van der Waals surface area contributed by atoms with Gasteiger partial charge in [-0.05, 0) is 30.3 Å². The van der Waals surface area contributed by atoms with E-state index in [-0.39, 0.29) is 13.2 Å². The van der Waals surface area contributed by atoms with Gasteiger partial charge in [-0.2, -0.15) is 0 Å². The van der Waals surface area contributed by atoms with Crippen molar-refractivity contribution in [2.24, 2.45) is 5.73 Å². The zero-order valence-electron chi connectivity index (χ0n) is 12.1. The summed E-state index contributed by atoms with van der Waals surface area (Å²) in [5.41, 5.74) is 5.74. The molecule has 0 aliphatic rings. The van der Waals surface area contributed by atoms with Crippen molar-refractivity contribution in [3.63, 3.8) is 0 Å². The Balaban J connectivity index is 1.83. The van der Waals surface area contributed by atoms with Gasteiger partial charge in [-0.3, -0.25) is 0 Å². The zero-order valence-corrected chi connectivity index (χ0v) is 12.9. The van der Waals surface area contributed by atoms with Gasteiger partial charge in [0, 0.05) is 5.69 Å². The Morgan fingerprint density at radius 1 is 1.09 bits per heavy atom. The fourth-order valence-electron chi connectivity index (χ4n) is 1.80. The van der Waals surface area contributed by atoms with Gasteiger partial charge in [0.05, 0.1) is 10.6 Å². The highest BCUT2D eigenvalue weighted by atomic mass is 35.5. The van der Waals surface area contributed by atoms with E-state index in [4.69, 9.17) is 26.8 Å². The number of ether oxygens (including phenoxy) is 2. The predicted octanol–water partition coefficient (Wildman–Crippen LogP) is 3.07. The van der Waals surface area contributed by atoms with Gasteiger partial charge in [0.2, 0.25) is 0 Å². The number of carbonyl (C=O) groups excluding carboxylic acids is 2. The maximum Gasteiger partial charge on any atom is 0.338 e. The molecule has 2 rings (SSSR count). The molecule has 0 atom stereocenters. The lowest BCUT2D eigenvalue weighted by molar-refractivity contribution is 0.0450. The number of nitrogens with two attached hydrogens (primary N) is 1. The number of hydrogen-bond acceptors (Lipinski definition) is 4. The van der Waals surface area contributed by atoms with Crippen molar-refractivity contribution in [2.45, 2.75) is 0 Å². The molecule has 0 aliphatic heterocycles. The van der Waals surface area contributed by atoms with Crippen LogP contribution in [0.5, 0.6) is 5.75 Å². The summed E-state index contributed by atoms with van der Waals surface area (Å²) in [7, 11) is 0. The minimum atomic E-state index is -0.705. The number of halogens is 1. The van der Waals surface area contributed by atoms with E-state index in [0.717, 1.165) is 0 Å². The van der Waals surface area contributed by atoms with Crippen LogP contribution in [0.1, 0.15) is 10.4 Å². The smallest absolute Gasteiger partial charge is 0.338 e. The van der Waals surface area contributed by atoms with Crippen molar-refractivity contribution in [1.82, 2.24) is 0 Å². The molecule has 2 aromatic rings. The minimum absolute atomic E-state index is 0.0670. The van der Waals surface area contributed by atoms with E-state index in [0.29, 0.717) is 22.0 Å². The van der Waals surface area contributed by atoms with Crippen molar-refractivity contribution in [1.29, 1.82) is 0 Å². The van der Waals surface area contributed by atoms with Crippen LogP contribution in [-0.2, 0) is 4.74 Å². The molecule has 7 heteroatoms. The molecule has 120 valence electrons. The zero-order chi connectivity index (χ0) is 16.7. The second kappa shape index (κ2) is 8.05. The van der Waals surface area contributed by atoms with Gasteiger partial charge in [-0.15, -0.1) is 0 Å². The Morgan fingerprint density at radius 3 is 2.61 bits per heavy atom. The Labute approximate surface area is 138 Å². The highest BCUT2D eigenvalue weighted by Gasteiger charge is 2.09. The number of nitrogens with one attached hydrogen (secondary N) is 1. The van der Waals surface area contributed by atoms with E-state index in [1.807, 2.05) is 0 Å². The van der Waals surface area contributed by atoms with Gasteiger partial charge >= 0.3 is 12.0 Å². The number of benzene rings is 2. The molecule has 2 aromatic carbocycles. The topological polar surface area (TPSA) is 90.7 Å². The maximum atomic E-state index is 11.9. The molecule has 2 amide bonds. The molecular weight excluding hydrogens is 320 g/mol. The Hall–Kier alpha value is -2.73. The second-order valence-corrected chi connectivity index (χ2v) is 4.89. The molecule has 0 radical (unpaired) electrons. The normalized spacial score (nSPS) is 9.96. The van der Waals surface area contributed by atoms with Crippen LogP contribution in [0, 0.1) is 0 Å². The summed E-state index contributed by atoms with van der Waals surface area (Å²) >= 11 is 5.94. The first-order chi connectivity index (χ1) is 11.1. The number of urea groups is 1. The van der Waals surface area contributed by atoms with Crippen molar-refractivity contribution >= 4 is 29.3 Å². The number of para-hydroxylation sites is 1. The van der Waals surface area contributed by atoms with Gasteiger partial charge in [-0.25, -0.2) is 9.59 Å². The van der Waals surface area contributed by atoms with Crippen LogP contribution in [0.25, 0.3) is 0 Å². The van der Waals surface area contributed by atoms with Gasteiger partial charge in [0.1, 0.15) is 19.0 Å². The lowest BCUT2D eigenvalue weighted by atomic mass is 10.2. The number of amides is 2. The fourth-order valence-corrected chi connectivity index (χ4v) is 1.99. The molecule has 0 saturated carbocycles. The van der Waals surface area contributed by atoms with E-state index in [1.54, 1.807) is 42.5 Å². The van der Waals surface area contributed by atoms with Crippen molar-refractivity contribution < 1.29 is 19.1 Å². The summed E-state index contributed by atoms with van der Waals surface area (Å²) in [5.74, 6) is -0.00116. The molecule has 0 spiro atoms. The minimum Gasteiger partial charge on any atom is -0.488 e. The summed E-state index contributed by atoms with van der Waals surface area (Å²) in [6.07, 6.45) is 0. The number of anilines is 1. The first-order valence-corrected chi connectivity index (χ1v) is 7.15. The lowest BCUT2D eigenvalue weighted by Crippen LogP contribution is -2.19. The van der Waals surface area contributed by atoms with E-state index in [2.05, 4.69) is 5.32 Å². The van der Waals surface area contributed by atoms with E-state index < -0.39 is 12.0 Å². The lowest BCUT2D eigenvalue weighted by Gasteiger charge is -2.09. The molecule has 0 fully saturated rings. The SMILES string of the molecule is NC(=O)Nc1cccc(C(=O)OCCOc2ccccc2Cl)c1. The number of hydrogen-bond donors (Lipinski definition) is 2. The summed E-state index contributed by atoms with van der Waals surface area (Å²) in [6, 6.07) is 12.6. The Bertz CT molecular complexity index is 706. The van der Waals surface area contributed by atoms with Gasteiger partial charge in [0.15, 0.2) is 0 Å². The summed E-state index contributed by atoms with van der Waals surface area (Å²) in [4.78, 5) is 22.7. The maximum absolute atomic E-state index is 11.9. The molecular formula is C16H15ClN2O4. The largest absolute Gasteiger partial charge is 0.488 e.